The van der Waals surface area contributed by atoms with E-state index in [9.17, 15) is 4.79 Å². The maximum absolute atomic E-state index is 12.4. The van der Waals surface area contributed by atoms with Gasteiger partial charge in [-0.25, -0.2) is 0 Å². The molecular weight excluding hydrogens is 272 g/mol. The first-order chi connectivity index (χ1) is 9.58. The monoisotopic (exact) mass is 294 g/mol. The Morgan fingerprint density at radius 2 is 1.85 bits per heavy atom. The van der Waals surface area contributed by atoms with Gasteiger partial charge in [0.15, 0.2) is 0 Å². The van der Waals surface area contributed by atoms with Gasteiger partial charge in [0.05, 0.1) is 6.04 Å². The van der Waals surface area contributed by atoms with Gasteiger partial charge in [0.25, 0.3) is 0 Å². The molecule has 20 heavy (non-hydrogen) atoms. The van der Waals surface area contributed by atoms with Crippen LogP contribution in [0.15, 0.2) is 24.3 Å². The topological polar surface area (TPSA) is 41.1 Å². The van der Waals surface area contributed by atoms with Crippen molar-refractivity contribution >= 4 is 17.5 Å². The molecule has 2 rings (SSSR count). The number of carbonyl (C=O) groups excluding carboxylic acids is 1. The van der Waals surface area contributed by atoms with Crippen molar-refractivity contribution in [2.24, 2.45) is 11.8 Å². The Bertz CT molecular complexity index is 438. The van der Waals surface area contributed by atoms with Crippen LogP contribution in [-0.2, 0) is 4.79 Å². The van der Waals surface area contributed by atoms with E-state index in [0.717, 1.165) is 36.5 Å². The van der Waals surface area contributed by atoms with E-state index >= 15 is 0 Å². The number of carbonyl (C=O) groups is 1. The Morgan fingerprint density at radius 3 is 2.40 bits per heavy atom. The van der Waals surface area contributed by atoms with Crippen LogP contribution in [0, 0.1) is 11.8 Å². The molecule has 0 aliphatic carbocycles. The summed E-state index contributed by atoms with van der Waals surface area (Å²) in [4.78, 5) is 12.4. The zero-order valence-corrected chi connectivity index (χ0v) is 12.9. The summed E-state index contributed by atoms with van der Waals surface area (Å²) in [6.07, 6.45) is 1.86. The Hall–Kier alpha value is -1.06. The van der Waals surface area contributed by atoms with Crippen molar-refractivity contribution in [2.45, 2.75) is 32.7 Å². The minimum atomic E-state index is 0.0506. The molecule has 1 aromatic rings. The molecule has 1 aromatic carbocycles. The third-order valence-electron chi connectivity index (χ3n) is 3.90. The lowest BCUT2D eigenvalue weighted by Gasteiger charge is -2.27. The normalized spacial score (nSPS) is 18.0. The Morgan fingerprint density at radius 1 is 1.25 bits per heavy atom. The zero-order chi connectivity index (χ0) is 14.5. The third-order valence-corrected chi connectivity index (χ3v) is 4.16. The average molecular weight is 295 g/mol. The van der Waals surface area contributed by atoms with Crippen LogP contribution in [0.3, 0.4) is 0 Å². The molecular formula is C16H23ClN2O. The zero-order valence-electron chi connectivity index (χ0n) is 12.2. The van der Waals surface area contributed by atoms with E-state index in [1.54, 1.807) is 0 Å². The predicted molar refractivity (Wildman–Crippen MR) is 82.8 cm³/mol. The fourth-order valence-electron chi connectivity index (χ4n) is 2.66. The second-order valence-electron chi connectivity index (χ2n) is 5.81. The number of rotatable bonds is 4. The van der Waals surface area contributed by atoms with E-state index in [2.05, 4.69) is 24.5 Å². The lowest BCUT2D eigenvalue weighted by molar-refractivity contribution is -0.126. The number of benzene rings is 1. The number of amides is 1. The largest absolute Gasteiger partial charge is 0.349 e. The molecule has 2 N–H and O–H groups in total. The smallest absolute Gasteiger partial charge is 0.223 e. The van der Waals surface area contributed by atoms with Gasteiger partial charge in [-0.1, -0.05) is 37.6 Å². The number of hydrogen-bond acceptors (Lipinski definition) is 2. The van der Waals surface area contributed by atoms with Crippen LogP contribution >= 0.6 is 11.6 Å². The lowest BCUT2D eigenvalue weighted by atomic mass is 9.93. The van der Waals surface area contributed by atoms with Crippen molar-refractivity contribution in [1.29, 1.82) is 0 Å². The number of nitrogens with one attached hydrogen (secondary N) is 2. The summed E-state index contributed by atoms with van der Waals surface area (Å²) in [7, 11) is 0. The van der Waals surface area contributed by atoms with Gasteiger partial charge in [-0.3, -0.25) is 4.79 Å². The van der Waals surface area contributed by atoms with Gasteiger partial charge in [0.2, 0.25) is 5.91 Å². The molecule has 0 saturated carbocycles. The van der Waals surface area contributed by atoms with Crippen LogP contribution in [-0.4, -0.2) is 19.0 Å². The van der Waals surface area contributed by atoms with Gasteiger partial charge in [-0.05, 0) is 49.5 Å². The summed E-state index contributed by atoms with van der Waals surface area (Å²) in [6.45, 7) is 6.13. The van der Waals surface area contributed by atoms with Crippen LogP contribution in [0.4, 0.5) is 0 Å². The quantitative estimate of drug-likeness (QED) is 0.896. The third kappa shape index (κ3) is 3.97. The summed E-state index contributed by atoms with van der Waals surface area (Å²) in [5, 5.41) is 7.22. The van der Waals surface area contributed by atoms with E-state index in [-0.39, 0.29) is 17.9 Å². The molecule has 1 amide bonds. The molecule has 1 fully saturated rings. The fourth-order valence-corrected chi connectivity index (χ4v) is 2.79. The first-order valence-corrected chi connectivity index (χ1v) is 7.72. The van der Waals surface area contributed by atoms with Crippen LogP contribution in [0.25, 0.3) is 0 Å². The van der Waals surface area contributed by atoms with Crippen LogP contribution in [0.1, 0.15) is 38.3 Å². The maximum Gasteiger partial charge on any atom is 0.223 e. The van der Waals surface area contributed by atoms with E-state index in [1.165, 1.54) is 0 Å². The molecule has 1 saturated heterocycles. The van der Waals surface area contributed by atoms with Gasteiger partial charge in [0.1, 0.15) is 0 Å². The average Bonchev–Trinajstić information content (AvgIpc) is 2.46. The Labute approximate surface area is 126 Å². The second-order valence-corrected chi connectivity index (χ2v) is 6.24. The standard InChI is InChI=1S/C16H23ClN2O/c1-11(2)15(12-3-5-14(17)6-4-12)19-16(20)13-7-9-18-10-8-13/h3-6,11,13,15,18H,7-10H2,1-2H3,(H,19,20). The van der Waals surface area contributed by atoms with Gasteiger partial charge >= 0.3 is 0 Å². The maximum atomic E-state index is 12.4. The van der Waals surface area contributed by atoms with Crippen molar-refractivity contribution in [2.75, 3.05) is 13.1 Å². The predicted octanol–water partition coefficient (Wildman–Crippen LogP) is 3.15. The van der Waals surface area contributed by atoms with Gasteiger partial charge in [0, 0.05) is 10.9 Å². The molecule has 1 aliphatic rings. The number of hydrogen-bond donors (Lipinski definition) is 2. The van der Waals surface area contributed by atoms with Gasteiger partial charge in [-0.15, -0.1) is 0 Å². The molecule has 0 aromatic heterocycles. The molecule has 0 radical (unpaired) electrons. The Balaban J connectivity index is 2.05. The van der Waals surface area contributed by atoms with Gasteiger partial charge < -0.3 is 10.6 Å². The summed E-state index contributed by atoms with van der Waals surface area (Å²) >= 11 is 5.93. The van der Waals surface area contributed by atoms with Crippen LogP contribution < -0.4 is 10.6 Å². The van der Waals surface area contributed by atoms with Crippen molar-refractivity contribution in [3.05, 3.63) is 34.9 Å². The van der Waals surface area contributed by atoms with E-state index < -0.39 is 0 Å². The van der Waals surface area contributed by atoms with Crippen LogP contribution in [0.2, 0.25) is 5.02 Å². The summed E-state index contributed by atoms with van der Waals surface area (Å²) < 4.78 is 0. The lowest BCUT2D eigenvalue weighted by Crippen LogP contribution is -2.40. The van der Waals surface area contributed by atoms with Crippen molar-refractivity contribution in [1.82, 2.24) is 10.6 Å². The Kier molecular flexibility index (Phi) is 5.44. The molecule has 1 unspecified atom stereocenters. The van der Waals surface area contributed by atoms with Crippen molar-refractivity contribution in [3.8, 4) is 0 Å². The molecule has 1 heterocycles. The molecule has 4 heteroatoms. The van der Waals surface area contributed by atoms with E-state index in [1.807, 2.05) is 24.3 Å². The molecule has 1 aliphatic heterocycles. The molecule has 0 bridgehead atoms. The molecule has 3 nitrogen and oxygen atoms in total. The van der Waals surface area contributed by atoms with Crippen molar-refractivity contribution in [3.63, 3.8) is 0 Å². The van der Waals surface area contributed by atoms with Crippen molar-refractivity contribution < 1.29 is 4.79 Å². The summed E-state index contributed by atoms with van der Waals surface area (Å²) in [5.74, 6) is 0.673. The van der Waals surface area contributed by atoms with E-state index in [4.69, 9.17) is 11.6 Å². The SMILES string of the molecule is CC(C)C(NC(=O)C1CCNCC1)c1ccc(Cl)cc1. The summed E-state index contributed by atoms with van der Waals surface area (Å²) in [5.41, 5.74) is 1.12. The molecule has 1 atom stereocenters. The fraction of sp³-hybridized carbons (Fsp3) is 0.562. The molecule has 0 spiro atoms. The second kappa shape index (κ2) is 7.09. The van der Waals surface area contributed by atoms with Gasteiger partial charge in [-0.2, -0.15) is 0 Å². The summed E-state index contributed by atoms with van der Waals surface area (Å²) in [6, 6.07) is 7.80. The van der Waals surface area contributed by atoms with Crippen LogP contribution in [0.5, 0.6) is 0 Å². The van der Waals surface area contributed by atoms with E-state index in [0.29, 0.717) is 5.92 Å². The number of halogens is 1. The minimum Gasteiger partial charge on any atom is -0.349 e. The number of piperidine rings is 1. The first-order valence-electron chi connectivity index (χ1n) is 7.34. The first kappa shape index (κ1) is 15.3. The highest BCUT2D eigenvalue weighted by Crippen LogP contribution is 2.24. The minimum absolute atomic E-state index is 0.0506. The molecule has 110 valence electrons. The highest BCUT2D eigenvalue weighted by atomic mass is 35.5. The highest BCUT2D eigenvalue weighted by Gasteiger charge is 2.25. The highest BCUT2D eigenvalue weighted by molar-refractivity contribution is 6.30.